The molecule has 2 bridgehead atoms. The molecular formula is C18H23N3O. The van der Waals surface area contributed by atoms with Crippen LogP contribution in [-0.2, 0) is 0 Å². The first-order valence-corrected chi connectivity index (χ1v) is 8.30. The maximum atomic E-state index is 12.5. The van der Waals surface area contributed by atoms with Crippen molar-refractivity contribution in [1.82, 2.24) is 15.2 Å². The highest BCUT2D eigenvalue weighted by Gasteiger charge is 2.35. The third-order valence-corrected chi connectivity index (χ3v) is 5.54. The summed E-state index contributed by atoms with van der Waals surface area (Å²) in [6, 6.07) is 9.56. The van der Waals surface area contributed by atoms with Crippen molar-refractivity contribution < 1.29 is 4.79 Å². The molecule has 4 heteroatoms. The van der Waals surface area contributed by atoms with E-state index in [-0.39, 0.29) is 5.91 Å². The second kappa shape index (κ2) is 5.43. The summed E-state index contributed by atoms with van der Waals surface area (Å²) in [5.41, 5.74) is 1.77. The molecule has 2 aliphatic rings. The van der Waals surface area contributed by atoms with E-state index in [1.165, 1.54) is 19.3 Å². The van der Waals surface area contributed by atoms with Crippen molar-refractivity contribution in [3.8, 4) is 0 Å². The Kier molecular flexibility index (Phi) is 3.41. The first kappa shape index (κ1) is 13.8. The molecule has 2 saturated heterocycles. The highest BCUT2D eigenvalue weighted by molar-refractivity contribution is 5.98. The Bertz CT molecular complexity index is 692. The molecule has 116 valence electrons. The van der Waals surface area contributed by atoms with Gasteiger partial charge in [0.1, 0.15) is 0 Å². The van der Waals surface area contributed by atoms with E-state index in [0.717, 1.165) is 35.3 Å². The fourth-order valence-electron chi connectivity index (χ4n) is 4.15. The normalized spacial score (nSPS) is 28.7. The molecule has 3 unspecified atom stereocenters. The van der Waals surface area contributed by atoms with E-state index in [1.54, 1.807) is 0 Å². The van der Waals surface area contributed by atoms with Gasteiger partial charge in [-0.2, -0.15) is 0 Å². The number of aromatic nitrogens is 1. The van der Waals surface area contributed by atoms with E-state index >= 15 is 0 Å². The van der Waals surface area contributed by atoms with E-state index in [1.807, 2.05) is 30.5 Å². The zero-order valence-electron chi connectivity index (χ0n) is 13.0. The number of benzene rings is 1. The predicted octanol–water partition coefficient (Wildman–Crippen LogP) is 2.91. The lowest BCUT2D eigenvalue weighted by Crippen LogP contribution is -2.38. The lowest BCUT2D eigenvalue weighted by molar-refractivity contribution is 0.0930. The lowest BCUT2D eigenvalue weighted by atomic mass is 9.96. The van der Waals surface area contributed by atoms with Crippen molar-refractivity contribution in [3.63, 3.8) is 0 Å². The molecule has 1 amide bonds. The Morgan fingerprint density at radius 1 is 1.18 bits per heavy atom. The van der Waals surface area contributed by atoms with Gasteiger partial charge in [-0.15, -0.1) is 0 Å². The third-order valence-electron chi connectivity index (χ3n) is 5.54. The van der Waals surface area contributed by atoms with Crippen LogP contribution in [-0.4, -0.2) is 41.0 Å². The van der Waals surface area contributed by atoms with E-state index in [2.05, 4.69) is 22.2 Å². The largest absolute Gasteiger partial charge is 0.361 e. The van der Waals surface area contributed by atoms with E-state index in [4.69, 9.17) is 0 Å². The fraction of sp³-hybridized carbons (Fsp3) is 0.500. The fourth-order valence-corrected chi connectivity index (χ4v) is 4.15. The van der Waals surface area contributed by atoms with Crippen LogP contribution in [0.15, 0.2) is 30.5 Å². The molecule has 0 aliphatic carbocycles. The number of nitrogens with one attached hydrogen (secondary N) is 2. The monoisotopic (exact) mass is 297 g/mol. The molecule has 4 nitrogen and oxygen atoms in total. The van der Waals surface area contributed by atoms with Crippen LogP contribution in [0.4, 0.5) is 0 Å². The average Bonchev–Trinajstić information content (AvgIpc) is 3.06. The molecule has 1 aromatic heterocycles. The van der Waals surface area contributed by atoms with Crippen LogP contribution in [0.25, 0.3) is 10.9 Å². The summed E-state index contributed by atoms with van der Waals surface area (Å²) in [5, 5.41) is 4.40. The van der Waals surface area contributed by atoms with Gasteiger partial charge in [-0.25, -0.2) is 0 Å². The Hall–Kier alpha value is -1.81. The molecule has 2 fully saturated rings. The van der Waals surface area contributed by atoms with Gasteiger partial charge in [0.05, 0.1) is 0 Å². The quantitative estimate of drug-likeness (QED) is 0.895. The summed E-state index contributed by atoms with van der Waals surface area (Å²) in [7, 11) is 2.24. The smallest absolute Gasteiger partial charge is 0.251 e. The second-order valence-electron chi connectivity index (χ2n) is 6.81. The van der Waals surface area contributed by atoms with Crippen LogP contribution in [0.2, 0.25) is 0 Å². The van der Waals surface area contributed by atoms with Gasteiger partial charge in [-0.05, 0) is 62.7 Å². The second-order valence-corrected chi connectivity index (χ2v) is 6.81. The van der Waals surface area contributed by atoms with Crippen molar-refractivity contribution in [2.24, 2.45) is 0 Å². The maximum absolute atomic E-state index is 12.5. The summed E-state index contributed by atoms with van der Waals surface area (Å²) in [5.74, 6) is 0.0573. The highest BCUT2D eigenvalue weighted by atomic mass is 16.1. The van der Waals surface area contributed by atoms with Crippen molar-refractivity contribution in [2.75, 3.05) is 7.05 Å². The van der Waals surface area contributed by atoms with Crippen LogP contribution < -0.4 is 5.32 Å². The third kappa shape index (κ3) is 2.41. The Labute approximate surface area is 130 Å². The van der Waals surface area contributed by atoms with Gasteiger partial charge in [0, 0.05) is 35.4 Å². The summed E-state index contributed by atoms with van der Waals surface area (Å²) < 4.78 is 0. The first-order valence-electron chi connectivity index (χ1n) is 8.30. The topological polar surface area (TPSA) is 48.1 Å². The molecule has 3 atom stereocenters. The summed E-state index contributed by atoms with van der Waals surface area (Å²) in [4.78, 5) is 18.2. The van der Waals surface area contributed by atoms with Gasteiger partial charge in [-0.1, -0.05) is 6.07 Å². The minimum Gasteiger partial charge on any atom is -0.361 e. The van der Waals surface area contributed by atoms with Gasteiger partial charge < -0.3 is 15.2 Å². The van der Waals surface area contributed by atoms with Crippen LogP contribution in [0.1, 0.15) is 42.5 Å². The number of fused-ring (bicyclic) bond motifs is 3. The minimum absolute atomic E-state index is 0.0573. The molecule has 4 rings (SSSR count). The molecule has 2 aliphatic heterocycles. The number of aromatic amines is 1. The van der Waals surface area contributed by atoms with Crippen LogP contribution in [0.5, 0.6) is 0 Å². The maximum Gasteiger partial charge on any atom is 0.251 e. The molecule has 22 heavy (non-hydrogen) atoms. The standard InChI is InChI=1S/C18H23N3O/c1-21-15-5-4-14(11-16(21)7-6-15)20-18(22)13-3-2-12-8-9-19-17(12)10-13/h2-3,8-10,14-16,19H,4-7,11H2,1H3,(H,20,22). The Morgan fingerprint density at radius 3 is 2.91 bits per heavy atom. The van der Waals surface area contributed by atoms with Crippen LogP contribution in [0, 0.1) is 0 Å². The first-order chi connectivity index (χ1) is 10.7. The molecule has 0 spiro atoms. The van der Waals surface area contributed by atoms with Gasteiger partial charge in [0.25, 0.3) is 5.91 Å². The van der Waals surface area contributed by atoms with Gasteiger partial charge in [-0.3, -0.25) is 4.79 Å². The predicted molar refractivity (Wildman–Crippen MR) is 88.0 cm³/mol. The number of amides is 1. The summed E-state index contributed by atoms with van der Waals surface area (Å²) in [6.07, 6.45) is 7.90. The highest BCUT2D eigenvalue weighted by Crippen LogP contribution is 2.32. The van der Waals surface area contributed by atoms with Gasteiger partial charge in [0.15, 0.2) is 0 Å². The molecule has 2 N–H and O–H groups in total. The van der Waals surface area contributed by atoms with E-state index in [0.29, 0.717) is 12.1 Å². The zero-order chi connectivity index (χ0) is 15.1. The molecule has 3 heterocycles. The van der Waals surface area contributed by atoms with Crippen molar-refractivity contribution in [2.45, 2.75) is 50.2 Å². The number of hydrogen-bond donors (Lipinski definition) is 2. The molecule has 0 saturated carbocycles. The van der Waals surface area contributed by atoms with Crippen molar-refractivity contribution >= 4 is 16.8 Å². The number of hydrogen-bond acceptors (Lipinski definition) is 2. The Balaban J connectivity index is 1.47. The number of nitrogens with zero attached hydrogens (tertiary/aromatic N) is 1. The molecule has 0 radical (unpaired) electrons. The van der Waals surface area contributed by atoms with Crippen molar-refractivity contribution in [3.05, 3.63) is 36.0 Å². The number of rotatable bonds is 2. The van der Waals surface area contributed by atoms with E-state index in [9.17, 15) is 4.79 Å². The molecular weight excluding hydrogens is 274 g/mol. The molecule has 2 aromatic rings. The summed E-state index contributed by atoms with van der Waals surface area (Å²) >= 11 is 0. The zero-order valence-corrected chi connectivity index (χ0v) is 13.0. The molecule has 1 aromatic carbocycles. The van der Waals surface area contributed by atoms with Crippen molar-refractivity contribution in [1.29, 1.82) is 0 Å². The number of carbonyl (C=O) groups is 1. The average molecular weight is 297 g/mol. The van der Waals surface area contributed by atoms with Crippen LogP contribution in [0.3, 0.4) is 0 Å². The number of carbonyl (C=O) groups excluding carboxylic acids is 1. The van der Waals surface area contributed by atoms with E-state index < -0.39 is 0 Å². The summed E-state index contributed by atoms with van der Waals surface area (Å²) in [6.45, 7) is 0. The minimum atomic E-state index is 0.0573. The van der Waals surface area contributed by atoms with Crippen LogP contribution >= 0.6 is 0 Å². The van der Waals surface area contributed by atoms with Gasteiger partial charge >= 0.3 is 0 Å². The van der Waals surface area contributed by atoms with Gasteiger partial charge in [0.2, 0.25) is 0 Å². The Morgan fingerprint density at radius 2 is 2.00 bits per heavy atom. The lowest BCUT2D eigenvalue weighted by Gasteiger charge is -2.23. The number of H-pyrrole nitrogens is 1. The SMILES string of the molecule is CN1C2CCC(NC(=O)c3ccc4cc[nH]c4c3)CC1CC2.